The fraction of sp³-hybridized carbons (Fsp3) is 0.455. The van der Waals surface area contributed by atoms with Crippen molar-refractivity contribution in [3.8, 4) is 0 Å². The third-order valence-electron chi connectivity index (χ3n) is 2.38. The van der Waals surface area contributed by atoms with Gasteiger partial charge in [-0.05, 0) is 43.6 Å². The maximum Gasteiger partial charge on any atom is 0.560 e. The Bertz CT molecular complexity index is 250. The molecular formula is C11H14Br2MgN. The van der Waals surface area contributed by atoms with Crippen molar-refractivity contribution in [1.29, 1.82) is 0 Å². The van der Waals surface area contributed by atoms with Crippen LogP contribution in [0.15, 0.2) is 24.3 Å². The summed E-state index contributed by atoms with van der Waals surface area (Å²) in [5, 5.41) is 0. The van der Waals surface area contributed by atoms with E-state index in [0.29, 0.717) is 0 Å². The Morgan fingerprint density at radius 1 is 1.33 bits per heavy atom. The molecule has 15 heavy (non-hydrogen) atoms. The van der Waals surface area contributed by atoms with Crippen LogP contribution in [0.3, 0.4) is 0 Å². The molecule has 0 spiro atoms. The van der Waals surface area contributed by atoms with Crippen molar-refractivity contribution in [1.82, 2.24) is 4.90 Å². The molecule has 1 aromatic rings. The predicted molar refractivity (Wildman–Crippen MR) is 73.4 cm³/mol. The Labute approximate surface area is 114 Å². The molecule has 1 radical (unpaired) electrons. The minimum absolute atomic E-state index is 0.0417. The lowest BCUT2D eigenvalue weighted by Crippen LogP contribution is -2.18. The lowest BCUT2D eigenvalue weighted by atomic mass is 10.2. The molecule has 4 heteroatoms. The Balaban J connectivity index is 0.000000337. The normalized spacial score (nSPS) is 15.3. The zero-order chi connectivity index (χ0) is 10.9. The maximum absolute atomic E-state index is 3.20. The van der Waals surface area contributed by atoms with Crippen LogP contribution in [0.4, 0.5) is 0 Å². The van der Waals surface area contributed by atoms with E-state index in [1.807, 2.05) is 6.07 Å². The third-order valence-corrected chi connectivity index (χ3v) is 2.38. The molecule has 0 amide bonds. The smallest absolute Gasteiger partial charge is 0.299 e. The van der Waals surface area contributed by atoms with Crippen LogP contribution in [0.25, 0.3) is 0 Å². The molecule has 0 bridgehead atoms. The number of hydrogen-bond donors (Lipinski definition) is 0. The number of hydrogen-bond acceptors (Lipinski definition) is 1. The first kappa shape index (κ1) is 14.0. The van der Waals surface area contributed by atoms with E-state index in [1.54, 1.807) is 0 Å². The van der Waals surface area contributed by atoms with Crippen LogP contribution in [0, 0.1) is 6.07 Å². The lowest BCUT2D eigenvalue weighted by molar-refractivity contribution is 0.331. The van der Waals surface area contributed by atoms with Crippen molar-refractivity contribution >= 4 is 41.8 Å². The van der Waals surface area contributed by atoms with Gasteiger partial charge in [0, 0.05) is 6.54 Å². The first-order valence-electron chi connectivity index (χ1n) is 5.16. The zero-order valence-corrected chi connectivity index (χ0v) is 13.3. The van der Waals surface area contributed by atoms with Gasteiger partial charge in [-0.25, -0.2) is 0 Å². The Morgan fingerprint density at radius 2 is 2.00 bits per heavy atom. The van der Waals surface area contributed by atoms with Gasteiger partial charge in [0.15, 0.2) is 0 Å². The van der Waals surface area contributed by atoms with E-state index in [0.717, 1.165) is 6.54 Å². The average molecular weight is 344 g/mol. The van der Waals surface area contributed by atoms with Gasteiger partial charge in [-0.2, -0.15) is 0 Å². The van der Waals surface area contributed by atoms with Crippen LogP contribution < -0.4 is 0 Å². The van der Waals surface area contributed by atoms with Crippen molar-refractivity contribution in [2.75, 3.05) is 13.1 Å². The summed E-state index contributed by atoms with van der Waals surface area (Å²) in [7, 11) is 0. The van der Waals surface area contributed by atoms with Gasteiger partial charge in [-0.15, -0.1) is 0 Å². The molecule has 0 aliphatic carbocycles. The maximum atomic E-state index is 3.20. The van der Waals surface area contributed by atoms with Crippen LogP contribution in [0.2, 0.25) is 0 Å². The van der Waals surface area contributed by atoms with Gasteiger partial charge < -0.3 is 0 Å². The summed E-state index contributed by atoms with van der Waals surface area (Å²) in [6.07, 6.45) is 2.74. The number of benzene rings is 1. The van der Waals surface area contributed by atoms with Crippen molar-refractivity contribution in [2.24, 2.45) is 0 Å². The number of halogens is 2. The molecule has 0 atom stereocenters. The SMILES string of the molecule is [Br][Mg][Br].[c]1cccc(CN2CCCC2)c1. The second-order valence-corrected chi connectivity index (χ2v) is 11.6. The quantitative estimate of drug-likeness (QED) is 0.744. The van der Waals surface area contributed by atoms with Gasteiger partial charge in [0.25, 0.3) is 0 Å². The van der Waals surface area contributed by atoms with E-state index in [1.165, 1.54) is 31.5 Å². The molecule has 1 heterocycles. The van der Waals surface area contributed by atoms with Crippen molar-refractivity contribution in [2.45, 2.75) is 19.4 Å². The van der Waals surface area contributed by atoms with Gasteiger partial charge in [-0.3, -0.25) is 30.7 Å². The van der Waals surface area contributed by atoms with Crippen LogP contribution in [0.5, 0.6) is 0 Å². The highest BCUT2D eigenvalue weighted by atomic mass is 79.9. The Morgan fingerprint density at radius 3 is 2.53 bits per heavy atom. The number of rotatable bonds is 2. The molecule has 2 rings (SSSR count). The first-order valence-corrected chi connectivity index (χ1v) is 13.0. The van der Waals surface area contributed by atoms with Gasteiger partial charge >= 0.3 is 16.0 Å². The van der Waals surface area contributed by atoms with Crippen LogP contribution in [-0.4, -0.2) is 34.0 Å². The van der Waals surface area contributed by atoms with E-state index in [2.05, 4.69) is 54.9 Å². The standard InChI is InChI=1S/C11H14N.2BrH.Mg/c1-2-6-11(7-3-1)10-12-8-4-5-9-12;;;/h1-2,6-7H,4-5,8-10H2;2*1H;/q;;;+2/p-2. The molecule has 0 N–H and O–H groups in total. The average Bonchev–Trinajstić information content (AvgIpc) is 2.73. The summed E-state index contributed by atoms with van der Waals surface area (Å²) in [6, 6.07) is 11.4. The largest absolute Gasteiger partial charge is 0.560 e. The van der Waals surface area contributed by atoms with Crippen molar-refractivity contribution in [3.05, 3.63) is 35.9 Å². The minimum Gasteiger partial charge on any atom is -0.299 e. The molecular weight excluding hydrogens is 330 g/mol. The molecule has 1 nitrogen and oxygen atoms in total. The second-order valence-electron chi connectivity index (χ2n) is 3.50. The fourth-order valence-electron chi connectivity index (χ4n) is 1.73. The highest BCUT2D eigenvalue weighted by molar-refractivity contribution is 9.47. The monoisotopic (exact) mass is 342 g/mol. The summed E-state index contributed by atoms with van der Waals surface area (Å²) < 4.78 is 0. The molecule has 1 fully saturated rings. The lowest BCUT2D eigenvalue weighted by Gasteiger charge is -2.13. The number of nitrogens with zero attached hydrogens (tertiary/aromatic N) is 1. The van der Waals surface area contributed by atoms with Crippen molar-refractivity contribution in [3.63, 3.8) is 0 Å². The van der Waals surface area contributed by atoms with Crippen LogP contribution in [-0.2, 0) is 6.54 Å². The van der Waals surface area contributed by atoms with E-state index in [4.69, 9.17) is 0 Å². The fourth-order valence-corrected chi connectivity index (χ4v) is 1.73. The summed E-state index contributed by atoms with van der Waals surface area (Å²) in [5.74, 6) is 0. The molecule has 1 saturated heterocycles. The molecule has 1 aromatic carbocycles. The highest BCUT2D eigenvalue weighted by Gasteiger charge is 2.10. The van der Waals surface area contributed by atoms with E-state index < -0.39 is 0 Å². The molecule has 1 aliphatic rings. The van der Waals surface area contributed by atoms with Gasteiger partial charge in [0.05, 0.1) is 0 Å². The summed E-state index contributed by atoms with van der Waals surface area (Å²) in [4.78, 5) is 2.50. The first-order chi connectivity index (χ1) is 7.36. The Hall–Kier alpha value is 0.906. The molecule has 79 valence electrons. The highest BCUT2D eigenvalue weighted by Crippen LogP contribution is 2.11. The predicted octanol–water partition coefficient (Wildman–Crippen LogP) is 3.39. The summed E-state index contributed by atoms with van der Waals surface area (Å²) in [6.45, 7) is 3.65. The van der Waals surface area contributed by atoms with Crippen LogP contribution >= 0.6 is 25.8 Å². The second kappa shape index (κ2) is 8.99. The zero-order valence-electron chi connectivity index (χ0n) is 8.76. The minimum atomic E-state index is 0.0417. The molecule has 0 unspecified atom stereocenters. The topological polar surface area (TPSA) is 3.24 Å². The summed E-state index contributed by atoms with van der Waals surface area (Å²) >= 11 is 6.44. The molecule has 0 saturated carbocycles. The van der Waals surface area contributed by atoms with E-state index >= 15 is 0 Å². The third kappa shape index (κ3) is 6.27. The Kier molecular flexibility index (Phi) is 8.37. The van der Waals surface area contributed by atoms with Crippen LogP contribution in [0.1, 0.15) is 18.4 Å². The summed E-state index contributed by atoms with van der Waals surface area (Å²) in [5.41, 5.74) is 1.39. The van der Waals surface area contributed by atoms with Gasteiger partial charge in [0.2, 0.25) is 0 Å². The van der Waals surface area contributed by atoms with Crippen molar-refractivity contribution < 1.29 is 0 Å². The molecule has 0 aromatic heterocycles. The van der Waals surface area contributed by atoms with E-state index in [9.17, 15) is 0 Å². The van der Waals surface area contributed by atoms with Gasteiger partial charge in [-0.1, -0.05) is 18.2 Å². The molecule has 1 aliphatic heterocycles. The van der Waals surface area contributed by atoms with Gasteiger partial charge in [0.1, 0.15) is 0 Å². The number of likely N-dealkylation sites (tertiary alicyclic amines) is 1. The van der Waals surface area contributed by atoms with E-state index in [-0.39, 0.29) is 16.0 Å².